The van der Waals surface area contributed by atoms with Crippen molar-refractivity contribution in [3.8, 4) is 0 Å². The van der Waals surface area contributed by atoms with Gasteiger partial charge in [0.2, 0.25) is 15.9 Å². The summed E-state index contributed by atoms with van der Waals surface area (Å²) < 4.78 is 26.9. The van der Waals surface area contributed by atoms with Crippen molar-refractivity contribution in [3.63, 3.8) is 0 Å². The van der Waals surface area contributed by atoms with E-state index in [4.69, 9.17) is 11.6 Å². The molecule has 1 amide bonds. The van der Waals surface area contributed by atoms with Gasteiger partial charge in [-0.1, -0.05) is 23.7 Å². The summed E-state index contributed by atoms with van der Waals surface area (Å²) in [6.07, 6.45) is 2.12. The van der Waals surface area contributed by atoms with Gasteiger partial charge in [-0.05, 0) is 31.9 Å². The zero-order valence-electron chi connectivity index (χ0n) is 13.6. The predicted octanol–water partition coefficient (Wildman–Crippen LogP) is 1.31. The molecule has 6 nitrogen and oxygen atoms in total. The zero-order valence-corrected chi connectivity index (χ0v) is 15.2. The number of rotatable bonds is 5. The van der Waals surface area contributed by atoms with Crippen molar-refractivity contribution in [2.24, 2.45) is 0 Å². The van der Waals surface area contributed by atoms with E-state index in [1.807, 2.05) is 11.8 Å². The van der Waals surface area contributed by atoms with Crippen LogP contribution in [0.5, 0.6) is 0 Å². The average Bonchev–Trinajstić information content (AvgIpc) is 3.38. The van der Waals surface area contributed by atoms with Gasteiger partial charge < -0.3 is 5.32 Å². The van der Waals surface area contributed by atoms with E-state index in [0.717, 1.165) is 12.8 Å². The van der Waals surface area contributed by atoms with Crippen molar-refractivity contribution in [3.05, 3.63) is 29.3 Å². The van der Waals surface area contributed by atoms with Crippen LogP contribution in [0.25, 0.3) is 0 Å². The first kappa shape index (κ1) is 17.7. The Bertz CT molecular complexity index is 713. The van der Waals surface area contributed by atoms with Crippen LogP contribution < -0.4 is 5.32 Å². The zero-order chi connectivity index (χ0) is 17.3. The number of carbonyl (C=O) groups excluding carboxylic acids is 1. The average molecular weight is 372 g/mol. The fourth-order valence-electron chi connectivity index (χ4n) is 2.84. The Hall–Kier alpha value is -1.15. The van der Waals surface area contributed by atoms with E-state index >= 15 is 0 Å². The number of sulfonamides is 1. The molecule has 1 aliphatic heterocycles. The van der Waals surface area contributed by atoms with E-state index in [0.29, 0.717) is 32.2 Å². The van der Waals surface area contributed by atoms with Crippen molar-refractivity contribution in [2.45, 2.75) is 36.7 Å². The van der Waals surface area contributed by atoms with Crippen molar-refractivity contribution < 1.29 is 13.2 Å². The number of amides is 1. The minimum absolute atomic E-state index is 0.0277. The standard InChI is InChI=1S/C16H22ClN3O3S/c1-12(16(21)18-13-6-7-13)19-8-10-20(11-9-19)24(22,23)15-5-3-2-4-14(15)17/h2-5,12-13H,6-11H2,1H3,(H,18,21). The van der Waals surface area contributed by atoms with Crippen LogP contribution in [-0.2, 0) is 14.8 Å². The minimum Gasteiger partial charge on any atom is -0.352 e. The molecule has 3 rings (SSSR count). The third kappa shape index (κ3) is 3.74. The van der Waals surface area contributed by atoms with Crippen LogP contribution >= 0.6 is 11.6 Å². The molecule has 1 aromatic carbocycles. The largest absolute Gasteiger partial charge is 0.352 e. The molecular weight excluding hydrogens is 350 g/mol. The van der Waals surface area contributed by atoms with Gasteiger partial charge in [0.1, 0.15) is 4.90 Å². The molecule has 0 bridgehead atoms. The second kappa shape index (κ2) is 7.00. The quantitative estimate of drug-likeness (QED) is 0.847. The molecule has 24 heavy (non-hydrogen) atoms. The van der Waals surface area contributed by atoms with E-state index in [9.17, 15) is 13.2 Å². The highest BCUT2D eigenvalue weighted by Gasteiger charge is 2.34. The summed E-state index contributed by atoms with van der Waals surface area (Å²) >= 11 is 6.03. The maximum absolute atomic E-state index is 12.7. The Morgan fingerprint density at radius 2 is 1.83 bits per heavy atom. The number of hydrogen-bond acceptors (Lipinski definition) is 4. The third-order valence-electron chi connectivity index (χ3n) is 4.58. The molecule has 0 aromatic heterocycles. The molecule has 0 spiro atoms. The van der Waals surface area contributed by atoms with Gasteiger partial charge in [-0.3, -0.25) is 9.69 Å². The summed E-state index contributed by atoms with van der Waals surface area (Å²) in [6.45, 7) is 3.64. The lowest BCUT2D eigenvalue weighted by Gasteiger charge is -2.36. The van der Waals surface area contributed by atoms with E-state index in [-0.39, 0.29) is 21.9 Å². The number of benzene rings is 1. The number of hydrogen-bond donors (Lipinski definition) is 1. The smallest absolute Gasteiger partial charge is 0.244 e. The van der Waals surface area contributed by atoms with Crippen molar-refractivity contribution in [1.29, 1.82) is 0 Å². The molecule has 0 radical (unpaired) electrons. The SMILES string of the molecule is CC(C(=O)NC1CC1)N1CCN(S(=O)(=O)c2ccccc2Cl)CC1. The molecule has 1 aromatic rings. The highest BCUT2D eigenvalue weighted by molar-refractivity contribution is 7.89. The second-order valence-electron chi connectivity index (χ2n) is 6.33. The summed E-state index contributed by atoms with van der Waals surface area (Å²) in [7, 11) is -3.60. The summed E-state index contributed by atoms with van der Waals surface area (Å²) in [6, 6.07) is 6.57. The Kier molecular flexibility index (Phi) is 5.15. The van der Waals surface area contributed by atoms with Crippen molar-refractivity contribution in [2.75, 3.05) is 26.2 Å². The van der Waals surface area contributed by atoms with Crippen LogP contribution in [0, 0.1) is 0 Å². The van der Waals surface area contributed by atoms with Gasteiger partial charge in [0.25, 0.3) is 0 Å². The minimum atomic E-state index is -3.60. The fourth-order valence-corrected chi connectivity index (χ4v) is 4.75. The Morgan fingerprint density at radius 1 is 1.21 bits per heavy atom. The topological polar surface area (TPSA) is 69.7 Å². The number of nitrogens with zero attached hydrogens (tertiary/aromatic N) is 2. The van der Waals surface area contributed by atoms with E-state index in [2.05, 4.69) is 5.32 Å². The van der Waals surface area contributed by atoms with Crippen LogP contribution in [0.4, 0.5) is 0 Å². The lowest BCUT2D eigenvalue weighted by Crippen LogP contribution is -2.55. The lowest BCUT2D eigenvalue weighted by molar-refractivity contribution is -0.126. The van der Waals surface area contributed by atoms with Gasteiger partial charge in [0.15, 0.2) is 0 Å². The van der Waals surface area contributed by atoms with Crippen molar-refractivity contribution >= 4 is 27.5 Å². The van der Waals surface area contributed by atoms with Crippen LogP contribution in [-0.4, -0.2) is 61.8 Å². The predicted molar refractivity (Wildman–Crippen MR) is 92.4 cm³/mol. The Morgan fingerprint density at radius 3 is 2.42 bits per heavy atom. The molecule has 132 valence electrons. The van der Waals surface area contributed by atoms with Gasteiger partial charge in [-0.2, -0.15) is 4.31 Å². The van der Waals surface area contributed by atoms with Gasteiger partial charge in [0.05, 0.1) is 11.1 Å². The Balaban J connectivity index is 1.62. The summed E-state index contributed by atoms with van der Waals surface area (Å²) in [5, 5.41) is 3.23. The molecule has 1 unspecified atom stereocenters. The maximum Gasteiger partial charge on any atom is 0.244 e. The maximum atomic E-state index is 12.7. The molecule has 2 aliphatic rings. The second-order valence-corrected chi connectivity index (χ2v) is 8.64. The highest BCUT2D eigenvalue weighted by Crippen LogP contribution is 2.25. The third-order valence-corrected chi connectivity index (χ3v) is 6.98. The molecule has 1 aliphatic carbocycles. The van der Waals surface area contributed by atoms with Crippen LogP contribution in [0.1, 0.15) is 19.8 Å². The molecule has 2 fully saturated rings. The van der Waals surface area contributed by atoms with Gasteiger partial charge in [-0.15, -0.1) is 0 Å². The first-order valence-electron chi connectivity index (χ1n) is 8.18. The number of piperazine rings is 1. The molecule has 1 atom stereocenters. The van der Waals surface area contributed by atoms with E-state index in [1.54, 1.807) is 18.2 Å². The molecule has 1 N–H and O–H groups in total. The van der Waals surface area contributed by atoms with E-state index in [1.165, 1.54) is 10.4 Å². The lowest BCUT2D eigenvalue weighted by atomic mass is 10.2. The summed E-state index contributed by atoms with van der Waals surface area (Å²) in [5.41, 5.74) is 0. The molecule has 1 heterocycles. The molecule has 8 heteroatoms. The van der Waals surface area contributed by atoms with Crippen LogP contribution in [0.2, 0.25) is 5.02 Å². The van der Waals surface area contributed by atoms with E-state index < -0.39 is 10.0 Å². The van der Waals surface area contributed by atoms with Crippen LogP contribution in [0.15, 0.2) is 29.2 Å². The normalized spacial score (nSPS) is 21.4. The van der Waals surface area contributed by atoms with Gasteiger partial charge in [-0.25, -0.2) is 8.42 Å². The van der Waals surface area contributed by atoms with Gasteiger partial charge >= 0.3 is 0 Å². The fraction of sp³-hybridized carbons (Fsp3) is 0.562. The van der Waals surface area contributed by atoms with Gasteiger partial charge in [0, 0.05) is 32.2 Å². The summed E-state index contributed by atoms with van der Waals surface area (Å²) in [4.78, 5) is 14.3. The first-order chi connectivity index (χ1) is 11.4. The van der Waals surface area contributed by atoms with Crippen LogP contribution in [0.3, 0.4) is 0 Å². The number of halogens is 1. The first-order valence-corrected chi connectivity index (χ1v) is 10.0. The Labute approximate surface area is 147 Å². The molecular formula is C16H22ClN3O3S. The molecule has 1 saturated carbocycles. The summed E-state index contributed by atoms with van der Waals surface area (Å²) in [5.74, 6) is 0.0277. The molecule has 1 saturated heterocycles. The number of nitrogens with one attached hydrogen (secondary N) is 1. The highest BCUT2D eigenvalue weighted by atomic mass is 35.5. The monoisotopic (exact) mass is 371 g/mol. The number of carbonyl (C=O) groups is 1. The van der Waals surface area contributed by atoms with Crippen molar-refractivity contribution in [1.82, 2.24) is 14.5 Å².